The first-order chi connectivity index (χ1) is 9.08. The highest BCUT2D eigenvalue weighted by Crippen LogP contribution is 2.20. The van der Waals surface area contributed by atoms with Gasteiger partial charge in [-0.25, -0.2) is 0 Å². The van der Waals surface area contributed by atoms with Gasteiger partial charge >= 0.3 is 0 Å². The van der Waals surface area contributed by atoms with Crippen LogP contribution in [0.3, 0.4) is 0 Å². The molecule has 0 aliphatic heterocycles. The van der Waals surface area contributed by atoms with Crippen LogP contribution in [0.25, 0.3) is 0 Å². The molecule has 0 atom stereocenters. The van der Waals surface area contributed by atoms with Crippen molar-refractivity contribution in [2.24, 2.45) is 0 Å². The molecule has 0 bridgehead atoms. The molecule has 0 fully saturated rings. The molecule has 0 radical (unpaired) electrons. The lowest BCUT2D eigenvalue weighted by Gasteiger charge is -2.08. The van der Waals surface area contributed by atoms with Crippen LogP contribution < -0.4 is 5.32 Å². The molecule has 98 valence electrons. The van der Waals surface area contributed by atoms with Gasteiger partial charge in [0.2, 0.25) is 0 Å². The van der Waals surface area contributed by atoms with Crippen LogP contribution in [0.5, 0.6) is 5.75 Å². The minimum Gasteiger partial charge on any atom is -0.507 e. The minimum atomic E-state index is -0.213. The van der Waals surface area contributed by atoms with E-state index in [9.17, 15) is 9.90 Å². The van der Waals surface area contributed by atoms with E-state index in [4.69, 9.17) is 0 Å². The van der Waals surface area contributed by atoms with Crippen molar-refractivity contribution in [2.75, 3.05) is 0 Å². The SMILES string of the molecule is Cc1ccncc1CNC(=O)c1ccc(I)c(O)c1. The number of phenols is 1. The number of halogens is 1. The van der Waals surface area contributed by atoms with Crippen molar-refractivity contribution in [1.82, 2.24) is 10.3 Å². The Hall–Kier alpha value is -1.63. The van der Waals surface area contributed by atoms with Gasteiger partial charge in [-0.15, -0.1) is 0 Å². The van der Waals surface area contributed by atoms with Crippen molar-refractivity contribution in [2.45, 2.75) is 13.5 Å². The largest absolute Gasteiger partial charge is 0.507 e. The standard InChI is InChI=1S/C14H13IN2O2/c1-9-4-5-16-7-11(9)8-17-14(19)10-2-3-12(15)13(18)6-10/h2-7,18H,8H2,1H3,(H,17,19). The van der Waals surface area contributed by atoms with E-state index in [2.05, 4.69) is 10.3 Å². The van der Waals surface area contributed by atoms with Crippen molar-refractivity contribution in [3.63, 3.8) is 0 Å². The average Bonchev–Trinajstić information content (AvgIpc) is 2.40. The van der Waals surface area contributed by atoms with E-state index in [1.54, 1.807) is 24.5 Å². The van der Waals surface area contributed by atoms with Gasteiger partial charge in [0.15, 0.2) is 0 Å². The molecule has 0 spiro atoms. The van der Waals surface area contributed by atoms with Crippen LogP contribution in [0, 0.1) is 10.5 Å². The number of amides is 1. The van der Waals surface area contributed by atoms with E-state index >= 15 is 0 Å². The maximum Gasteiger partial charge on any atom is 0.251 e. The van der Waals surface area contributed by atoms with Gasteiger partial charge in [-0.05, 0) is 64.9 Å². The highest BCUT2D eigenvalue weighted by atomic mass is 127. The van der Waals surface area contributed by atoms with Crippen molar-refractivity contribution in [1.29, 1.82) is 0 Å². The molecule has 2 aromatic rings. The Morgan fingerprint density at radius 2 is 2.21 bits per heavy atom. The van der Waals surface area contributed by atoms with E-state index < -0.39 is 0 Å². The first-order valence-corrected chi connectivity index (χ1v) is 6.82. The fraction of sp³-hybridized carbons (Fsp3) is 0.143. The summed E-state index contributed by atoms with van der Waals surface area (Å²) in [5.41, 5.74) is 2.51. The first kappa shape index (κ1) is 13.8. The molecule has 1 amide bonds. The molecule has 19 heavy (non-hydrogen) atoms. The fourth-order valence-corrected chi connectivity index (χ4v) is 1.95. The molecule has 4 nitrogen and oxygen atoms in total. The van der Waals surface area contributed by atoms with Gasteiger partial charge < -0.3 is 10.4 Å². The Morgan fingerprint density at radius 1 is 1.42 bits per heavy atom. The zero-order valence-electron chi connectivity index (χ0n) is 10.4. The third kappa shape index (κ3) is 3.44. The Kier molecular flexibility index (Phi) is 4.36. The lowest BCUT2D eigenvalue weighted by Crippen LogP contribution is -2.23. The summed E-state index contributed by atoms with van der Waals surface area (Å²) in [6, 6.07) is 6.76. The van der Waals surface area contributed by atoms with Crippen LogP contribution in [0.2, 0.25) is 0 Å². The van der Waals surface area contributed by atoms with Crippen LogP contribution in [0.1, 0.15) is 21.5 Å². The van der Waals surface area contributed by atoms with Gasteiger partial charge in [0.05, 0.1) is 3.57 Å². The van der Waals surface area contributed by atoms with Crippen LogP contribution >= 0.6 is 22.6 Å². The molecule has 0 aliphatic rings. The Bertz CT molecular complexity index is 614. The summed E-state index contributed by atoms with van der Waals surface area (Å²) in [5, 5.41) is 12.4. The van der Waals surface area contributed by atoms with Crippen molar-refractivity contribution < 1.29 is 9.90 Å². The summed E-state index contributed by atoms with van der Waals surface area (Å²) < 4.78 is 0.720. The lowest BCUT2D eigenvalue weighted by atomic mass is 10.1. The molecule has 2 rings (SSSR count). The number of benzene rings is 1. The van der Waals surface area contributed by atoms with Crippen LogP contribution in [0.4, 0.5) is 0 Å². The van der Waals surface area contributed by atoms with Gasteiger partial charge in [0, 0.05) is 24.5 Å². The molecule has 2 N–H and O–H groups in total. The Morgan fingerprint density at radius 3 is 2.89 bits per heavy atom. The monoisotopic (exact) mass is 368 g/mol. The minimum absolute atomic E-state index is 0.116. The number of nitrogens with zero attached hydrogens (tertiary/aromatic N) is 1. The van der Waals surface area contributed by atoms with E-state index in [1.165, 1.54) is 6.07 Å². The Labute approximate surface area is 125 Å². The number of aromatic nitrogens is 1. The van der Waals surface area contributed by atoms with Crippen molar-refractivity contribution in [3.8, 4) is 5.75 Å². The molecule has 0 aliphatic carbocycles. The molecule has 1 aromatic heterocycles. The summed E-state index contributed by atoms with van der Waals surface area (Å²) in [6.07, 6.45) is 3.46. The molecule has 0 saturated heterocycles. The number of aromatic hydroxyl groups is 1. The number of phenolic OH excluding ortho intramolecular Hbond substituents is 1. The second-order valence-corrected chi connectivity index (χ2v) is 5.31. The number of rotatable bonds is 3. The van der Waals surface area contributed by atoms with Crippen LogP contribution in [-0.4, -0.2) is 16.0 Å². The van der Waals surface area contributed by atoms with Gasteiger partial charge in [-0.2, -0.15) is 0 Å². The maximum atomic E-state index is 11.9. The summed E-state index contributed by atoms with van der Waals surface area (Å²) >= 11 is 2.01. The Balaban J connectivity index is 2.05. The van der Waals surface area contributed by atoms with E-state index in [0.717, 1.165) is 14.7 Å². The zero-order chi connectivity index (χ0) is 13.8. The number of carbonyl (C=O) groups excluding carboxylic acids is 1. The van der Waals surface area contributed by atoms with Gasteiger partial charge in [0.25, 0.3) is 5.91 Å². The molecular formula is C14H13IN2O2. The topological polar surface area (TPSA) is 62.2 Å². The predicted octanol–water partition coefficient (Wildman–Crippen LogP) is 2.63. The zero-order valence-corrected chi connectivity index (χ0v) is 12.5. The molecule has 0 saturated carbocycles. The average molecular weight is 368 g/mol. The molecular weight excluding hydrogens is 355 g/mol. The molecule has 1 aromatic carbocycles. The predicted molar refractivity (Wildman–Crippen MR) is 81.0 cm³/mol. The summed E-state index contributed by atoms with van der Waals surface area (Å²) in [5.74, 6) is -0.0965. The second-order valence-electron chi connectivity index (χ2n) is 4.15. The van der Waals surface area contributed by atoms with Gasteiger partial charge in [0.1, 0.15) is 5.75 Å². The smallest absolute Gasteiger partial charge is 0.251 e. The van der Waals surface area contributed by atoms with Gasteiger partial charge in [-0.3, -0.25) is 9.78 Å². The number of pyridine rings is 1. The molecule has 0 unspecified atom stereocenters. The summed E-state index contributed by atoms with van der Waals surface area (Å²) in [4.78, 5) is 16.0. The summed E-state index contributed by atoms with van der Waals surface area (Å²) in [7, 11) is 0. The highest BCUT2D eigenvalue weighted by molar-refractivity contribution is 14.1. The third-order valence-corrected chi connectivity index (χ3v) is 3.71. The second kappa shape index (κ2) is 6.01. The number of hydrogen-bond acceptors (Lipinski definition) is 3. The molecule has 5 heteroatoms. The normalized spacial score (nSPS) is 10.2. The highest BCUT2D eigenvalue weighted by Gasteiger charge is 2.08. The van der Waals surface area contributed by atoms with Gasteiger partial charge in [-0.1, -0.05) is 0 Å². The number of hydrogen-bond donors (Lipinski definition) is 2. The quantitative estimate of drug-likeness (QED) is 0.819. The lowest BCUT2D eigenvalue weighted by molar-refractivity contribution is 0.0950. The van der Waals surface area contributed by atoms with E-state index in [0.29, 0.717) is 12.1 Å². The number of carbonyl (C=O) groups is 1. The van der Waals surface area contributed by atoms with E-state index in [-0.39, 0.29) is 11.7 Å². The van der Waals surface area contributed by atoms with Crippen LogP contribution in [0.15, 0.2) is 36.7 Å². The number of nitrogens with one attached hydrogen (secondary N) is 1. The number of aryl methyl sites for hydroxylation is 1. The summed E-state index contributed by atoms with van der Waals surface area (Å²) in [6.45, 7) is 2.39. The molecule has 1 heterocycles. The maximum absolute atomic E-state index is 11.9. The fourth-order valence-electron chi connectivity index (χ4n) is 1.61. The van der Waals surface area contributed by atoms with Crippen molar-refractivity contribution in [3.05, 3.63) is 56.9 Å². The van der Waals surface area contributed by atoms with Crippen LogP contribution in [-0.2, 0) is 6.54 Å². The first-order valence-electron chi connectivity index (χ1n) is 5.74. The van der Waals surface area contributed by atoms with E-state index in [1.807, 2.05) is 35.6 Å². The third-order valence-electron chi connectivity index (χ3n) is 2.80. The van der Waals surface area contributed by atoms with Crippen molar-refractivity contribution >= 4 is 28.5 Å².